The second kappa shape index (κ2) is 10.1. The molecule has 1 aromatic heterocycles. The van der Waals surface area contributed by atoms with E-state index >= 15 is 0 Å². The molecule has 2 rings (SSSR count). The number of hydrogen-bond acceptors (Lipinski definition) is 5. The molecule has 28 heavy (non-hydrogen) atoms. The molecule has 0 bridgehead atoms. The summed E-state index contributed by atoms with van der Waals surface area (Å²) in [7, 11) is 5.75. The van der Waals surface area contributed by atoms with Crippen LogP contribution in [0.1, 0.15) is 31.2 Å². The number of rotatable bonds is 9. The van der Waals surface area contributed by atoms with Crippen LogP contribution in [0.2, 0.25) is 0 Å². The van der Waals surface area contributed by atoms with Gasteiger partial charge < -0.3 is 29.8 Å². The number of hydrogen-bond donors (Lipinski definition) is 3. The zero-order valence-electron chi connectivity index (χ0n) is 17.4. The molecule has 0 spiro atoms. The van der Waals surface area contributed by atoms with E-state index in [1.54, 1.807) is 32.4 Å². The molecule has 1 aromatic carbocycles. The molecule has 0 radical (unpaired) electrons. The van der Waals surface area contributed by atoms with Crippen molar-refractivity contribution < 1.29 is 14.3 Å². The van der Waals surface area contributed by atoms with Crippen LogP contribution >= 0.6 is 0 Å². The molecule has 0 fully saturated rings. The lowest BCUT2D eigenvalue weighted by molar-refractivity contribution is 0.0437. The molecule has 0 saturated heterocycles. The molecule has 7 heteroatoms. The van der Waals surface area contributed by atoms with Crippen LogP contribution < -0.4 is 15.4 Å². The molecule has 1 heterocycles. The van der Waals surface area contributed by atoms with Crippen LogP contribution in [0.3, 0.4) is 0 Å². The second-order valence-electron chi connectivity index (χ2n) is 7.08. The van der Waals surface area contributed by atoms with Crippen molar-refractivity contribution in [3.63, 3.8) is 0 Å². The van der Waals surface area contributed by atoms with Gasteiger partial charge in [-0.3, -0.25) is 0 Å². The number of ether oxygens (including phenoxy) is 1. The maximum Gasteiger partial charge on any atom is 0.191 e. The van der Waals surface area contributed by atoms with Gasteiger partial charge in [0.15, 0.2) is 5.96 Å². The highest BCUT2D eigenvalue weighted by molar-refractivity contribution is 5.79. The fraction of sp³-hybridized carbons (Fsp3) is 0.476. The van der Waals surface area contributed by atoms with Crippen LogP contribution in [0.25, 0.3) is 0 Å². The number of nitrogens with one attached hydrogen (secondary N) is 2. The Bertz CT molecular complexity index is 742. The van der Waals surface area contributed by atoms with E-state index in [9.17, 15) is 5.11 Å². The highest BCUT2D eigenvalue weighted by Crippen LogP contribution is 2.23. The molecular weight excluding hydrogens is 356 g/mol. The van der Waals surface area contributed by atoms with Gasteiger partial charge in [-0.05, 0) is 57.8 Å². The number of aliphatic imine (C=N–C) groups is 1. The summed E-state index contributed by atoms with van der Waals surface area (Å²) in [5.41, 5.74) is -0.0187. The lowest BCUT2D eigenvalue weighted by atomic mass is 10.0. The molecule has 3 N–H and O–H groups in total. The van der Waals surface area contributed by atoms with Crippen LogP contribution in [-0.4, -0.2) is 56.8 Å². The Hall–Kier alpha value is -2.51. The molecule has 0 amide bonds. The highest BCUT2D eigenvalue weighted by atomic mass is 16.5. The first-order chi connectivity index (χ1) is 13.4. The van der Waals surface area contributed by atoms with Crippen molar-refractivity contribution in [2.45, 2.75) is 25.5 Å². The SMILES string of the molecule is CCNC(=NCC(C)(O)c1ccco1)NCC(c1cccc(OC)c1)N(C)C. The van der Waals surface area contributed by atoms with Crippen LogP contribution in [0.15, 0.2) is 52.1 Å². The van der Waals surface area contributed by atoms with Gasteiger partial charge in [-0.15, -0.1) is 0 Å². The zero-order chi connectivity index (χ0) is 20.6. The monoisotopic (exact) mass is 388 g/mol. The van der Waals surface area contributed by atoms with Gasteiger partial charge in [0.1, 0.15) is 17.1 Å². The van der Waals surface area contributed by atoms with Crippen LogP contribution in [0.5, 0.6) is 5.75 Å². The summed E-state index contributed by atoms with van der Waals surface area (Å²) in [6, 6.07) is 11.7. The second-order valence-corrected chi connectivity index (χ2v) is 7.08. The molecule has 2 unspecified atom stereocenters. The van der Waals surface area contributed by atoms with Crippen molar-refractivity contribution in [2.75, 3.05) is 40.8 Å². The molecule has 2 aromatic rings. The lowest BCUT2D eigenvalue weighted by Crippen LogP contribution is -2.42. The number of benzene rings is 1. The minimum absolute atomic E-state index is 0.129. The summed E-state index contributed by atoms with van der Waals surface area (Å²) < 4.78 is 10.7. The van der Waals surface area contributed by atoms with Gasteiger partial charge in [0, 0.05) is 13.1 Å². The Kier molecular flexibility index (Phi) is 7.90. The van der Waals surface area contributed by atoms with Gasteiger partial charge in [0.25, 0.3) is 0 Å². The summed E-state index contributed by atoms with van der Waals surface area (Å²) in [6.45, 7) is 5.25. The first-order valence-electron chi connectivity index (χ1n) is 9.46. The van der Waals surface area contributed by atoms with E-state index < -0.39 is 5.60 Å². The van der Waals surface area contributed by atoms with Gasteiger partial charge in [-0.1, -0.05) is 12.1 Å². The lowest BCUT2D eigenvalue weighted by Gasteiger charge is -2.26. The number of nitrogens with zero attached hydrogens (tertiary/aromatic N) is 2. The van der Waals surface area contributed by atoms with E-state index in [-0.39, 0.29) is 12.6 Å². The third-order valence-corrected chi connectivity index (χ3v) is 4.51. The normalized spacial score (nSPS) is 15.2. The number of methoxy groups -OCH3 is 1. The number of likely N-dealkylation sites (N-methyl/N-ethyl adjacent to an activating group) is 1. The summed E-state index contributed by atoms with van der Waals surface area (Å²) in [5, 5.41) is 17.2. The van der Waals surface area contributed by atoms with Gasteiger partial charge in [-0.2, -0.15) is 0 Å². The Morgan fingerprint density at radius 3 is 2.68 bits per heavy atom. The minimum Gasteiger partial charge on any atom is -0.497 e. The fourth-order valence-electron chi connectivity index (χ4n) is 2.88. The zero-order valence-corrected chi connectivity index (χ0v) is 17.4. The van der Waals surface area contributed by atoms with E-state index in [1.165, 1.54) is 0 Å². The molecule has 0 aliphatic heterocycles. The maximum absolute atomic E-state index is 10.6. The van der Waals surface area contributed by atoms with Crippen LogP contribution in [0, 0.1) is 0 Å². The summed E-state index contributed by atoms with van der Waals surface area (Å²) in [5.74, 6) is 1.97. The van der Waals surface area contributed by atoms with E-state index in [0.717, 1.165) is 17.9 Å². The van der Waals surface area contributed by atoms with Crippen LogP contribution in [-0.2, 0) is 5.60 Å². The summed E-state index contributed by atoms with van der Waals surface area (Å²) in [6.07, 6.45) is 1.55. The predicted molar refractivity (Wildman–Crippen MR) is 112 cm³/mol. The highest BCUT2D eigenvalue weighted by Gasteiger charge is 2.26. The molecule has 7 nitrogen and oxygen atoms in total. The first-order valence-corrected chi connectivity index (χ1v) is 9.46. The molecule has 0 aliphatic rings. The molecule has 0 saturated carbocycles. The van der Waals surface area contributed by atoms with E-state index in [0.29, 0.717) is 18.3 Å². The number of guanidine groups is 1. The van der Waals surface area contributed by atoms with Crippen molar-refractivity contribution >= 4 is 5.96 Å². The van der Waals surface area contributed by atoms with Crippen LogP contribution in [0.4, 0.5) is 0 Å². The minimum atomic E-state index is -1.17. The van der Waals surface area contributed by atoms with Gasteiger partial charge in [0.2, 0.25) is 0 Å². The topological polar surface area (TPSA) is 82.3 Å². The quantitative estimate of drug-likeness (QED) is 0.452. The standard InChI is InChI=1S/C21H32N4O3/c1-6-22-20(24-15-21(2,26)19-11-8-12-28-19)23-14-18(25(3)4)16-9-7-10-17(13-16)27-5/h7-13,18,26H,6,14-15H2,1-5H3,(H2,22,23,24). The van der Waals surface area contributed by atoms with E-state index in [1.807, 2.05) is 39.2 Å². The molecule has 154 valence electrons. The smallest absolute Gasteiger partial charge is 0.191 e. The molecule has 2 atom stereocenters. The molecule has 0 aliphatic carbocycles. The van der Waals surface area contributed by atoms with Gasteiger partial charge in [-0.25, -0.2) is 4.99 Å². The van der Waals surface area contributed by atoms with Crippen molar-refractivity contribution in [1.82, 2.24) is 15.5 Å². The first kappa shape index (κ1) is 21.8. The van der Waals surface area contributed by atoms with Crippen molar-refractivity contribution in [3.05, 3.63) is 54.0 Å². The van der Waals surface area contributed by atoms with E-state index in [2.05, 4.69) is 26.6 Å². The van der Waals surface area contributed by atoms with E-state index in [4.69, 9.17) is 9.15 Å². The van der Waals surface area contributed by atoms with Gasteiger partial charge >= 0.3 is 0 Å². The number of aliphatic hydroxyl groups is 1. The Morgan fingerprint density at radius 2 is 2.07 bits per heavy atom. The summed E-state index contributed by atoms with van der Waals surface area (Å²) in [4.78, 5) is 6.68. The summed E-state index contributed by atoms with van der Waals surface area (Å²) >= 11 is 0. The largest absolute Gasteiger partial charge is 0.497 e. The Labute approximate surface area is 167 Å². The van der Waals surface area contributed by atoms with Crippen molar-refractivity contribution in [3.8, 4) is 5.75 Å². The fourth-order valence-corrected chi connectivity index (χ4v) is 2.88. The van der Waals surface area contributed by atoms with Crippen molar-refractivity contribution in [1.29, 1.82) is 0 Å². The van der Waals surface area contributed by atoms with Gasteiger partial charge in [0.05, 0.1) is 26.0 Å². The molecular formula is C21H32N4O3. The Balaban J connectivity index is 2.09. The third-order valence-electron chi connectivity index (χ3n) is 4.51. The third kappa shape index (κ3) is 6.00. The predicted octanol–water partition coefficient (Wildman–Crippen LogP) is 2.35. The number of furan rings is 1. The average Bonchev–Trinajstić information content (AvgIpc) is 3.22. The average molecular weight is 389 g/mol. The maximum atomic E-state index is 10.6. The Morgan fingerprint density at radius 1 is 1.29 bits per heavy atom. The van der Waals surface area contributed by atoms with Crippen molar-refractivity contribution in [2.24, 2.45) is 4.99 Å².